The van der Waals surface area contributed by atoms with E-state index >= 15 is 0 Å². The molecule has 1 rings (SSSR count). The fourth-order valence-corrected chi connectivity index (χ4v) is 1.28. The molecule has 0 aliphatic carbocycles. The number of hydrogen-bond donors (Lipinski definition) is 0. The molecule has 0 atom stereocenters. The van der Waals surface area contributed by atoms with Crippen molar-refractivity contribution in [1.82, 2.24) is 4.98 Å². The number of hydrogen-bond acceptors (Lipinski definition) is 6. The van der Waals surface area contributed by atoms with Crippen molar-refractivity contribution in [2.75, 3.05) is 46.8 Å². The van der Waals surface area contributed by atoms with Crippen LogP contribution in [0.4, 0.5) is 0 Å². The summed E-state index contributed by atoms with van der Waals surface area (Å²) >= 11 is 0. The molecule has 1 aromatic rings. The molecule has 1 heterocycles. The van der Waals surface area contributed by atoms with Crippen LogP contribution in [-0.2, 0) is 14.2 Å². The number of pyridine rings is 1. The molecule has 0 unspecified atom stereocenters. The molecule has 0 spiro atoms. The summed E-state index contributed by atoms with van der Waals surface area (Å²) < 4.78 is 20.7. The Bertz CT molecular complexity index is 359. The molecule has 19 heavy (non-hydrogen) atoms. The van der Waals surface area contributed by atoms with Crippen LogP contribution in [0.5, 0.6) is 5.88 Å². The van der Waals surface area contributed by atoms with E-state index in [1.807, 2.05) is 0 Å². The minimum Gasteiger partial charge on any atom is -0.475 e. The van der Waals surface area contributed by atoms with Gasteiger partial charge in [0.05, 0.1) is 38.6 Å². The van der Waals surface area contributed by atoms with Gasteiger partial charge in [0.15, 0.2) is 6.29 Å². The maximum atomic E-state index is 10.7. The first kappa shape index (κ1) is 15.6. The van der Waals surface area contributed by atoms with E-state index in [9.17, 15) is 4.79 Å². The fraction of sp³-hybridized carbons (Fsp3) is 0.538. The van der Waals surface area contributed by atoms with Crippen LogP contribution in [0.15, 0.2) is 18.3 Å². The van der Waals surface area contributed by atoms with E-state index in [-0.39, 0.29) is 0 Å². The number of aromatic nitrogens is 1. The lowest BCUT2D eigenvalue weighted by Crippen LogP contribution is -2.13. The lowest BCUT2D eigenvalue weighted by atomic mass is 10.3. The third-order valence-electron chi connectivity index (χ3n) is 2.20. The van der Waals surface area contributed by atoms with Crippen molar-refractivity contribution in [2.24, 2.45) is 0 Å². The maximum absolute atomic E-state index is 10.7. The van der Waals surface area contributed by atoms with Gasteiger partial charge >= 0.3 is 0 Å². The summed E-state index contributed by atoms with van der Waals surface area (Å²) in [7, 11) is 1.63. The summed E-state index contributed by atoms with van der Waals surface area (Å²) in [5.74, 6) is 0.331. The standard InChI is InChI=1S/C13H19NO5/c1-16-5-6-17-7-8-18-9-10-19-13-12(11-15)3-2-4-14-13/h2-4,11H,5-10H2,1H3. The van der Waals surface area contributed by atoms with Crippen molar-refractivity contribution in [3.63, 3.8) is 0 Å². The predicted molar refractivity (Wildman–Crippen MR) is 68.6 cm³/mol. The van der Waals surface area contributed by atoms with Gasteiger partial charge < -0.3 is 18.9 Å². The first-order valence-corrected chi connectivity index (χ1v) is 6.06. The Balaban J connectivity index is 2.03. The Morgan fingerprint density at radius 3 is 2.47 bits per heavy atom. The Labute approximate surface area is 112 Å². The molecule has 0 saturated heterocycles. The molecule has 0 amide bonds. The molecule has 1 aromatic heterocycles. The van der Waals surface area contributed by atoms with Crippen LogP contribution in [0.3, 0.4) is 0 Å². The summed E-state index contributed by atoms with van der Waals surface area (Å²) in [4.78, 5) is 14.7. The molecular formula is C13H19NO5. The first-order chi connectivity index (χ1) is 9.38. The van der Waals surface area contributed by atoms with E-state index in [0.29, 0.717) is 57.4 Å². The summed E-state index contributed by atoms with van der Waals surface area (Å²) in [6.07, 6.45) is 2.29. The molecule has 0 N–H and O–H groups in total. The summed E-state index contributed by atoms with van der Waals surface area (Å²) in [6, 6.07) is 3.34. The number of ether oxygens (including phenoxy) is 4. The van der Waals surface area contributed by atoms with Gasteiger partial charge in [-0.25, -0.2) is 4.98 Å². The van der Waals surface area contributed by atoms with Gasteiger partial charge in [0, 0.05) is 13.3 Å². The Morgan fingerprint density at radius 2 is 1.79 bits per heavy atom. The van der Waals surface area contributed by atoms with Crippen molar-refractivity contribution >= 4 is 6.29 Å². The molecule has 0 bridgehead atoms. The second kappa shape index (κ2) is 10.4. The van der Waals surface area contributed by atoms with Crippen LogP contribution in [0.2, 0.25) is 0 Å². The zero-order chi connectivity index (χ0) is 13.8. The van der Waals surface area contributed by atoms with E-state index in [4.69, 9.17) is 18.9 Å². The topological polar surface area (TPSA) is 66.9 Å². The fourth-order valence-electron chi connectivity index (χ4n) is 1.28. The van der Waals surface area contributed by atoms with E-state index in [2.05, 4.69) is 4.98 Å². The van der Waals surface area contributed by atoms with E-state index in [1.54, 1.807) is 25.4 Å². The highest BCUT2D eigenvalue weighted by molar-refractivity contribution is 5.77. The summed E-state index contributed by atoms with van der Waals surface area (Å²) in [6.45, 7) is 2.92. The van der Waals surface area contributed by atoms with Gasteiger partial charge in [-0.05, 0) is 12.1 Å². The minimum atomic E-state index is 0.331. The molecule has 0 fully saturated rings. The highest BCUT2D eigenvalue weighted by Gasteiger charge is 2.02. The zero-order valence-corrected chi connectivity index (χ0v) is 11.0. The monoisotopic (exact) mass is 269 g/mol. The van der Waals surface area contributed by atoms with Crippen molar-refractivity contribution in [3.8, 4) is 5.88 Å². The minimum absolute atomic E-state index is 0.331. The predicted octanol–water partition coefficient (Wildman–Crippen LogP) is 0.952. The van der Waals surface area contributed by atoms with E-state index in [0.717, 1.165) is 0 Å². The van der Waals surface area contributed by atoms with Gasteiger partial charge in [-0.3, -0.25) is 4.79 Å². The molecule has 0 radical (unpaired) electrons. The highest BCUT2D eigenvalue weighted by atomic mass is 16.6. The molecule has 6 nitrogen and oxygen atoms in total. The quantitative estimate of drug-likeness (QED) is 0.440. The second-order valence-corrected chi connectivity index (χ2v) is 3.58. The third-order valence-corrected chi connectivity index (χ3v) is 2.20. The number of carbonyl (C=O) groups excluding carboxylic acids is 1. The number of carbonyl (C=O) groups is 1. The van der Waals surface area contributed by atoms with Gasteiger partial charge in [0.1, 0.15) is 6.61 Å². The van der Waals surface area contributed by atoms with Crippen molar-refractivity contribution in [1.29, 1.82) is 0 Å². The van der Waals surface area contributed by atoms with Gasteiger partial charge in [-0.15, -0.1) is 0 Å². The molecule has 0 saturated carbocycles. The van der Waals surface area contributed by atoms with Crippen LogP contribution >= 0.6 is 0 Å². The number of nitrogens with zero attached hydrogens (tertiary/aromatic N) is 1. The Kier molecular flexibility index (Phi) is 8.54. The van der Waals surface area contributed by atoms with Crippen LogP contribution in [0.1, 0.15) is 10.4 Å². The normalized spacial score (nSPS) is 10.4. The van der Waals surface area contributed by atoms with Crippen LogP contribution < -0.4 is 4.74 Å². The average molecular weight is 269 g/mol. The molecule has 106 valence electrons. The average Bonchev–Trinajstić information content (AvgIpc) is 2.46. The van der Waals surface area contributed by atoms with Crippen LogP contribution in [0, 0.1) is 0 Å². The molecule has 0 aliphatic heterocycles. The Morgan fingerprint density at radius 1 is 1.11 bits per heavy atom. The SMILES string of the molecule is COCCOCCOCCOc1ncccc1C=O. The van der Waals surface area contributed by atoms with Crippen molar-refractivity contribution in [3.05, 3.63) is 23.9 Å². The van der Waals surface area contributed by atoms with Crippen molar-refractivity contribution in [2.45, 2.75) is 0 Å². The highest BCUT2D eigenvalue weighted by Crippen LogP contribution is 2.10. The summed E-state index contributed by atoms with van der Waals surface area (Å²) in [5, 5.41) is 0. The second-order valence-electron chi connectivity index (χ2n) is 3.58. The van der Waals surface area contributed by atoms with Crippen LogP contribution in [0.25, 0.3) is 0 Å². The Hall–Kier alpha value is -1.50. The van der Waals surface area contributed by atoms with Crippen molar-refractivity contribution < 1.29 is 23.7 Å². The lowest BCUT2D eigenvalue weighted by Gasteiger charge is -2.08. The number of rotatable bonds is 11. The zero-order valence-electron chi connectivity index (χ0n) is 11.0. The first-order valence-electron chi connectivity index (χ1n) is 6.06. The smallest absolute Gasteiger partial charge is 0.224 e. The van der Waals surface area contributed by atoms with Gasteiger partial charge in [0.25, 0.3) is 0 Å². The van der Waals surface area contributed by atoms with Gasteiger partial charge in [-0.2, -0.15) is 0 Å². The molecule has 0 aliphatic rings. The number of methoxy groups -OCH3 is 1. The van der Waals surface area contributed by atoms with E-state index in [1.165, 1.54) is 0 Å². The maximum Gasteiger partial charge on any atom is 0.224 e. The van der Waals surface area contributed by atoms with Gasteiger partial charge in [-0.1, -0.05) is 0 Å². The van der Waals surface area contributed by atoms with Crippen LogP contribution in [-0.4, -0.2) is 58.0 Å². The third kappa shape index (κ3) is 6.85. The van der Waals surface area contributed by atoms with Gasteiger partial charge in [0.2, 0.25) is 5.88 Å². The molecule has 0 aromatic carbocycles. The largest absolute Gasteiger partial charge is 0.475 e. The lowest BCUT2D eigenvalue weighted by molar-refractivity contribution is 0.0176. The summed E-state index contributed by atoms with van der Waals surface area (Å²) in [5.41, 5.74) is 0.436. The molecular weight excluding hydrogens is 250 g/mol. The van der Waals surface area contributed by atoms with E-state index < -0.39 is 0 Å². The number of aldehydes is 1. The molecule has 6 heteroatoms.